The number of ether oxygens (including phenoxy) is 2. The summed E-state index contributed by atoms with van der Waals surface area (Å²) in [7, 11) is 3.05. The molecule has 0 aliphatic heterocycles. The van der Waals surface area contributed by atoms with Gasteiger partial charge in [0.25, 0.3) is 0 Å². The Morgan fingerprint density at radius 2 is 1.82 bits per heavy atom. The van der Waals surface area contributed by atoms with Crippen LogP contribution in [0.2, 0.25) is 0 Å². The first-order chi connectivity index (χ1) is 8.24. The monoisotopic (exact) mass is 231 g/mol. The van der Waals surface area contributed by atoms with Gasteiger partial charge >= 0.3 is 6.01 Å². The summed E-state index contributed by atoms with van der Waals surface area (Å²) in [6.45, 7) is 0. The van der Waals surface area contributed by atoms with Crippen LogP contribution in [-0.4, -0.2) is 24.2 Å². The quantitative estimate of drug-likeness (QED) is 0.815. The number of aromatic nitrogens is 2. The molecule has 0 atom stereocenters. The summed E-state index contributed by atoms with van der Waals surface area (Å²) in [5.41, 5.74) is 8.04. The fourth-order valence-electron chi connectivity index (χ4n) is 1.47. The first-order valence-electron chi connectivity index (χ1n) is 5.06. The lowest BCUT2D eigenvalue weighted by molar-refractivity contribution is 0.353. The van der Waals surface area contributed by atoms with Crippen molar-refractivity contribution in [1.82, 2.24) is 9.97 Å². The van der Waals surface area contributed by atoms with Gasteiger partial charge in [-0.25, -0.2) is 0 Å². The second-order valence-corrected chi connectivity index (χ2v) is 3.37. The number of para-hydroxylation sites is 1. The number of methoxy groups -OCH3 is 2. The third-order valence-corrected chi connectivity index (χ3v) is 2.31. The van der Waals surface area contributed by atoms with Gasteiger partial charge in [-0.1, -0.05) is 18.2 Å². The molecule has 1 heterocycles. The number of benzene rings is 1. The summed E-state index contributed by atoms with van der Waals surface area (Å²) in [5, 5.41) is 0. The average Bonchev–Trinajstić information content (AvgIpc) is 2.38. The molecule has 2 rings (SSSR count). The molecule has 0 saturated heterocycles. The van der Waals surface area contributed by atoms with E-state index in [1.165, 1.54) is 7.11 Å². The summed E-state index contributed by atoms with van der Waals surface area (Å²) >= 11 is 0. The van der Waals surface area contributed by atoms with E-state index in [1.807, 2.05) is 24.3 Å². The SMILES string of the molecule is COc1cc(-c2ccccc2N)nc(OC)n1. The van der Waals surface area contributed by atoms with Crippen molar-refractivity contribution >= 4 is 5.69 Å². The average molecular weight is 231 g/mol. The molecule has 5 heteroatoms. The molecule has 0 bridgehead atoms. The molecule has 17 heavy (non-hydrogen) atoms. The Kier molecular flexibility index (Phi) is 3.09. The van der Waals surface area contributed by atoms with E-state index in [4.69, 9.17) is 15.2 Å². The fourth-order valence-corrected chi connectivity index (χ4v) is 1.47. The van der Waals surface area contributed by atoms with Crippen LogP contribution in [-0.2, 0) is 0 Å². The third kappa shape index (κ3) is 2.28. The van der Waals surface area contributed by atoms with E-state index >= 15 is 0 Å². The zero-order valence-electron chi connectivity index (χ0n) is 9.68. The molecule has 0 unspecified atom stereocenters. The number of nitrogens with zero attached hydrogens (tertiary/aromatic N) is 2. The maximum Gasteiger partial charge on any atom is 0.320 e. The van der Waals surface area contributed by atoms with Gasteiger partial charge in [-0.2, -0.15) is 9.97 Å². The molecule has 0 spiro atoms. The van der Waals surface area contributed by atoms with Crippen LogP contribution in [0, 0.1) is 0 Å². The molecular weight excluding hydrogens is 218 g/mol. The van der Waals surface area contributed by atoms with Crippen LogP contribution in [0.5, 0.6) is 11.9 Å². The fraction of sp³-hybridized carbons (Fsp3) is 0.167. The van der Waals surface area contributed by atoms with Crippen molar-refractivity contribution < 1.29 is 9.47 Å². The number of anilines is 1. The molecular formula is C12H13N3O2. The highest BCUT2D eigenvalue weighted by atomic mass is 16.5. The molecule has 1 aromatic heterocycles. The molecule has 1 aromatic carbocycles. The number of nitrogens with two attached hydrogens (primary N) is 1. The summed E-state index contributed by atoms with van der Waals surface area (Å²) in [6.07, 6.45) is 0. The van der Waals surface area contributed by atoms with Crippen LogP contribution >= 0.6 is 0 Å². The molecule has 0 amide bonds. The number of hydrogen-bond acceptors (Lipinski definition) is 5. The van der Waals surface area contributed by atoms with Crippen LogP contribution in [0.3, 0.4) is 0 Å². The molecule has 0 aliphatic carbocycles. The van der Waals surface area contributed by atoms with Crippen LogP contribution in [0.4, 0.5) is 5.69 Å². The van der Waals surface area contributed by atoms with Crippen molar-refractivity contribution in [3.8, 4) is 23.1 Å². The largest absolute Gasteiger partial charge is 0.481 e. The molecule has 2 aromatic rings. The Morgan fingerprint density at radius 1 is 1.06 bits per heavy atom. The van der Waals surface area contributed by atoms with E-state index in [0.717, 1.165) is 5.56 Å². The van der Waals surface area contributed by atoms with Crippen LogP contribution in [0.25, 0.3) is 11.3 Å². The zero-order valence-corrected chi connectivity index (χ0v) is 9.68. The highest BCUT2D eigenvalue weighted by molar-refractivity contribution is 5.74. The van der Waals surface area contributed by atoms with Gasteiger partial charge < -0.3 is 15.2 Å². The number of rotatable bonds is 3. The third-order valence-electron chi connectivity index (χ3n) is 2.31. The standard InChI is InChI=1S/C12H13N3O2/c1-16-11-7-10(14-12(15-11)17-2)8-5-3-4-6-9(8)13/h3-7H,13H2,1-2H3. The molecule has 5 nitrogen and oxygen atoms in total. The van der Waals surface area contributed by atoms with E-state index in [2.05, 4.69) is 9.97 Å². The lowest BCUT2D eigenvalue weighted by atomic mass is 10.1. The van der Waals surface area contributed by atoms with Crippen molar-refractivity contribution in [2.45, 2.75) is 0 Å². The van der Waals surface area contributed by atoms with E-state index in [-0.39, 0.29) is 6.01 Å². The zero-order chi connectivity index (χ0) is 12.3. The molecule has 2 N–H and O–H groups in total. The van der Waals surface area contributed by atoms with Gasteiger partial charge in [-0.3, -0.25) is 0 Å². The lowest BCUT2D eigenvalue weighted by Crippen LogP contribution is -1.98. The molecule has 0 fully saturated rings. The van der Waals surface area contributed by atoms with Crippen molar-refractivity contribution in [2.24, 2.45) is 0 Å². The van der Waals surface area contributed by atoms with Gasteiger partial charge in [0.2, 0.25) is 5.88 Å². The first kappa shape index (κ1) is 11.2. The van der Waals surface area contributed by atoms with Gasteiger partial charge in [0.1, 0.15) is 0 Å². The lowest BCUT2D eigenvalue weighted by Gasteiger charge is -2.08. The van der Waals surface area contributed by atoms with Crippen molar-refractivity contribution in [3.63, 3.8) is 0 Å². The minimum absolute atomic E-state index is 0.252. The van der Waals surface area contributed by atoms with E-state index < -0.39 is 0 Å². The van der Waals surface area contributed by atoms with E-state index in [1.54, 1.807) is 13.2 Å². The predicted molar refractivity (Wildman–Crippen MR) is 65.0 cm³/mol. The van der Waals surface area contributed by atoms with E-state index in [9.17, 15) is 0 Å². The van der Waals surface area contributed by atoms with Crippen LogP contribution in [0.15, 0.2) is 30.3 Å². The van der Waals surface area contributed by atoms with E-state index in [0.29, 0.717) is 17.3 Å². The van der Waals surface area contributed by atoms with Crippen LogP contribution in [0.1, 0.15) is 0 Å². The maximum absolute atomic E-state index is 5.89. The Balaban J connectivity index is 2.55. The first-order valence-corrected chi connectivity index (χ1v) is 5.06. The summed E-state index contributed by atoms with van der Waals surface area (Å²) < 4.78 is 10.1. The smallest absolute Gasteiger partial charge is 0.320 e. The molecule has 0 aliphatic rings. The Labute approximate surface area is 99.2 Å². The number of hydrogen-bond donors (Lipinski definition) is 1. The topological polar surface area (TPSA) is 70.3 Å². The summed E-state index contributed by atoms with van der Waals surface area (Å²) in [6, 6.07) is 9.44. The van der Waals surface area contributed by atoms with Gasteiger partial charge in [-0.05, 0) is 6.07 Å². The van der Waals surface area contributed by atoms with Crippen molar-refractivity contribution in [1.29, 1.82) is 0 Å². The summed E-state index contributed by atoms with van der Waals surface area (Å²) in [5.74, 6) is 0.440. The summed E-state index contributed by atoms with van der Waals surface area (Å²) in [4.78, 5) is 8.27. The second-order valence-electron chi connectivity index (χ2n) is 3.37. The van der Waals surface area contributed by atoms with Gasteiger partial charge in [0.05, 0.1) is 19.9 Å². The van der Waals surface area contributed by atoms with Gasteiger partial charge in [-0.15, -0.1) is 0 Å². The Bertz CT molecular complexity index is 507. The second kappa shape index (κ2) is 4.69. The molecule has 0 saturated carbocycles. The minimum atomic E-state index is 0.252. The Hall–Kier alpha value is -2.30. The molecule has 0 radical (unpaired) electrons. The van der Waals surface area contributed by atoms with Crippen molar-refractivity contribution in [3.05, 3.63) is 30.3 Å². The number of nitrogen functional groups attached to an aromatic ring is 1. The van der Waals surface area contributed by atoms with Gasteiger partial charge in [0.15, 0.2) is 0 Å². The molecule has 88 valence electrons. The highest BCUT2D eigenvalue weighted by Gasteiger charge is 2.09. The van der Waals surface area contributed by atoms with Crippen LogP contribution < -0.4 is 15.2 Å². The predicted octanol–water partition coefficient (Wildman–Crippen LogP) is 1.74. The normalized spacial score (nSPS) is 10.0. The Morgan fingerprint density at radius 3 is 2.47 bits per heavy atom. The maximum atomic E-state index is 5.89. The van der Waals surface area contributed by atoms with Crippen molar-refractivity contribution in [2.75, 3.05) is 20.0 Å². The van der Waals surface area contributed by atoms with Gasteiger partial charge in [0, 0.05) is 17.3 Å². The minimum Gasteiger partial charge on any atom is -0.481 e. The highest BCUT2D eigenvalue weighted by Crippen LogP contribution is 2.27.